The van der Waals surface area contributed by atoms with E-state index in [4.69, 9.17) is 5.11 Å². The maximum atomic E-state index is 8.82. The van der Waals surface area contributed by atoms with Crippen molar-refractivity contribution in [2.45, 2.75) is 57.9 Å². The maximum Gasteiger partial charge on any atom is 0.0581 e. The third-order valence-corrected chi connectivity index (χ3v) is 3.28. The number of aliphatic hydroxyl groups excluding tert-OH is 1. The Morgan fingerprint density at radius 2 is 2.00 bits per heavy atom. The van der Waals surface area contributed by atoms with Crippen LogP contribution in [0, 0.1) is 5.92 Å². The lowest BCUT2D eigenvalue weighted by Gasteiger charge is -2.21. The first-order valence-electron chi connectivity index (χ1n) is 6.17. The molecular weight excluding hydrogens is 174 g/mol. The van der Waals surface area contributed by atoms with E-state index in [-0.39, 0.29) is 12.6 Å². The van der Waals surface area contributed by atoms with Gasteiger partial charge in [0.25, 0.3) is 0 Å². The third-order valence-electron chi connectivity index (χ3n) is 3.28. The zero-order valence-electron chi connectivity index (χ0n) is 9.47. The van der Waals surface area contributed by atoms with Crippen LogP contribution in [0.4, 0.5) is 0 Å². The molecule has 1 saturated carbocycles. The molecule has 1 fully saturated rings. The summed E-state index contributed by atoms with van der Waals surface area (Å²) in [5, 5.41) is 12.1. The minimum Gasteiger partial charge on any atom is -0.395 e. The highest BCUT2D eigenvalue weighted by Gasteiger charge is 2.12. The number of hydrogen-bond donors (Lipinski definition) is 2. The molecule has 2 N–H and O–H groups in total. The first kappa shape index (κ1) is 12.0. The van der Waals surface area contributed by atoms with Gasteiger partial charge in [0.05, 0.1) is 6.61 Å². The van der Waals surface area contributed by atoms with E-state index in [1.807, 2.05) is 6.92 Å². The van der Waals surface area contributed by atoms with Gasteiger partial charge in [-0.2, -0.15) is 0 Å². The average Bonchev–Trinajstić information content (AvgIpc) is 2.25. The molecule has 0 bridgehead atoms. The van der Waals surface area contributed by atoms with Crippen LogP contribution in [-0.4, -0.2) is 24.3 Å². The molecule has 1 aliphatic rings. The Kier molecular flexibility index (Phi) is 6.20. The molecular formula is C12H25NO. The Bertz CT molecular complexity index is 132. The number of nitrogens with one attached hydrogen (secondary N) is 1. The summed E-state index contributed by atoms with van der Waals surface area (Å²) in [7, 11) is 0. The lowest BCUT2D eigenvalue weighted by molar-refractivity contribution is 0.249. The molecule has 0 aromatic heterocycles. The molecule has 2 heteroatoms. The molecule has 0 aliphatic heterocycles. The Morgan fingerprint density at radius 1 is 1.29 bits per heavy atom. The van der Waals surface area contributed by atoms with Crippen molar-refractivity contribution in [2.24, 2.45) is 5.92 Å². The standard InChI is InChI=1S/C12H25NO/c1-11(10-14)13-9-5-8-12-6-3-2-4-7-12/h11-14H,2-10H2,1H3. The van der Waals surface area contributed by atoms with E-state index in [2.05, 4.69) is 5.32 Å². The zero-order chi connectivity index (χ0) is 10.2. The lowest BCUT2D eigenvalue weighted by Crippen LogP contribution is -2.30. The molecule has 0 radical (unpaired) electrons. The second-order valence-corrected chi connectivity index (χ2v) is 4.68. The monoisotopic (exact) mass is 199 g/mol. The molecule has 1 unspecified atom stereocenters. The van der Waals surface area contributed by atoms with Gasteiger partial charge >= 0.3 is 0 Å². The minimum atomic E-state index is 0.253. The Labute approximate surface area is 88.1 Å². The number of rotatable bonds is 6. The Balaban J connectivity index is 1.92. The van der Waals surface area contributed by atoms with Crippen LogP contribution >= 0.6 is 0 Å². The summed E-state index contributed by atoms with van der Waals surface area (Å²) in [5.74, 6) is 0.995. The van der Waals surface area contributed by atoms with Gasteiger partial charge in [0.15, 0.2) is 0 Å². The molecule has 0 aromatic carbocycles. The molecule has 2 nitrogen and oxygen atoms in total. The molecule has 14 heavy (non-hydrogen) atoms. The summed E-state index contributed by atoms with van der Waals surface area (Å²) in [6.07, 6.45) is 9.91. The first-order valence-corrected chi connectivity index (χ1v) is 6.17. The number of aliphatic hydroxyl groups is 1. The van der Waals surface area contributed by atoms with Crippen molar-refractivity contribution in [3.8, 4) is 0 Å². The molecule has 0 spiro atoms. The predicted octanol–water partition coefficient (Wildman–Crippen LogP) is 2.32. The highest BCUT2D eigenvalue weighted by molar-refractivity contribution is 4.67. The van der Waals surface area contributed by atoms with Gasteiger partial charge in [-0.3, -0.25) is 0 Å². The van der Waals surface area contributed by atoms with Crippen LogP contribution in [0.25, 0.3) is 0 Å². The van der Waals surface area contributed by atoms with Gasteiger partial charge in [-0.1, -0.05) is 32.1 Å². The summed E-state index contributed by atoms with van der Waals surface area (Å²) in [6.45, 7) is 3.35. The van der Waals surface area contributed by atoms with Crippen LogP contribution in [0.2, 0.25) is 0 Å². The van der Waals surface area contributed by atoms with Crippen molar-refractivity contribution in [2.75, 3.05) is 13.2 Å². The van der Waals surface area contributed by atoms with Crippen LogP contribution < -0.4 is 5.32 Å². The van der Waals surface area contributed by atoms with Crippen LogP contribution in [0.1, 0.15) is 51.9 Å². The van der Waals surface area contributed by atoms with Crippen LogP contribution in [0.5, 0.6) is 0 Å². The van der Waals surface area contributed by atoms with Crippen molar-refractivity contribution in [1.29, 1.82) is 0 Å². The van der Waals surface area contributed by atoms with Gasteiger partial charge in [-0.25, -0.2) is 0 Å². The fraction of sp³-hybridized carbons (Fsp3) is 1.00. The molecule has 0 heterocycles. The van der Waals surface area contributed by atoms with E-state index in [9.17, 15) is 0 Å². The van der Waals surface area contributed by atoms with Crippen molar-refractivity contribution in [3.63, 3.8) is 0 Å². The van der Waals surface area contributed by atoms with Crippen molar-refractivity contribution < 1.29 is 5.11 Å². The highest BCUT2D eigenvalue weighted by Crippen LogP contribution is 2.26. The second kappa shape index (κ2) is 7.24. The van der Waals surface area contributed by atoms with Crippen LogP contribution in [-0.2, 0) is 0 Å². The van der Waals surface area contributed by atoms with Crippen LogP contribution in [0.3, 0.4) is 0 Å². The summed E-state index contributed by atoms with van der Waals surface area (Å²) >= 11 is 0. The predicted molar refractivity (Wildman–Crippen MR) is 60.4 cm³/mol. The quantitative estimate of drug-likeness (QED) is 0.643. The molecule has 1 aliphatic carbocycles. The fourth-order valence-corrected chi connectivity index (χ4v) is 2.28. The Morgan fingerprint density at radius 3 is 2.64 bits per heavy atom. The fourth-order valence-electron chi connectivity index (χ4n) is 2.28. The van der Waals surface area contributed by atoms with E-state index in [0.717, 1.165) is 12.5 Å². The van der Waals surface area contributed by atoms with E-state index in [0.29, 0.717) is 0 Å². The molecule has 1 rings (SSSR count). The summed E-state index contributed by atoms with van der Waals surface area (Å²) < 4.78 is 0. The maximum absolute atomic E-state index is 8.82. The van der Waals surface area contributed by atoms with Gasteiger partial charge in [-0.15, -0.1) is 0 Å². The summed E-state index contributed by atoms with van der Waals surface area (Å²) in [4.78, 5) is 0. The highest BCUT2D eigenvalue weighted by atomic mass is 16.3. The smallest absolute Gasteiger partial charge is 0.0581 e. The van der Waals surface area contributed by atoms with E-state index in [1.54, 1.807) is 0 Å². The molecule has 0 saturated heterocycles. The van der Waals surface area contributed by atoms with Crippen molar-refractivity contribution >= 4 is 0 Å². The van der Waals surface area contributed by atoms with Crippen molar-refractivity contribution in [1.82, 2.24) is 5.32 Å². The molecule has 0 amide bonds. The SMILES string of the molecule is CC(CO)NCCCC1CCCCC1. The zero-order valence-corrected chi connectivity index (χ0v) is 9.47. The van der Waals surface area contributed by atoms with E-state index >= 15 is 0 Å². The molecule has 0 aromatic rings. The van der Waals surface area contributed by atoms with Gasteiger partial charge in [0.1, 0.15) is 0 Å². The minimum absolute atomic E-state index is 0.253. The number of hydrogen-bond acceptors (Lipinski definition) is 2. The van der Waals surface area contributed by atoms with Crippen LogP contribution in [0.15, 0.2) is 0 Å². The largest absolute Gasteiger partial charge is 0.395 e. The van der Waals surface area contributed by atoms with Gasteiger partial charge in [0, 0.05) is 6.04 Å². The third kappa shape index (κ3) is 4.97. The molecule has 84 valence electrons. The normalized spacial score (nSPS) is 21.0. The summed E-state index contributed by atoms with van der Waals surface area (Å²) in [5.41, 5.74) is 0. The first-order chi connectivity index (χ1) is 6.83. The average molecular weight is 199 g/mol. The van der Waals surface area contributed by atoms with Crippen molar-refractivity contribution in [3.05, 3.63) is 0 Å². The molecule has 1 atom stereocenters. The van der Waals surface area contributed by atoms with E-state index in [1.165, 1.54) is 44.9 Å². The van der Waals surface area contributed by atoms with Gasteiger partial charge in [0.2, 0.25) is 0 Å². The van der Waals surface area contributed by atoms with E-state index < -0.39 is 0 Å². The topological polar surface area (TPSA) is 32.3 Å². The second-order valence-electron chi connectivity index (χ2n) is 4.68. The Hall–Kier alpha value is -0.0800. The summed E-state index contributed by atoms with van der Waals surface area (Å²) in [6, 6.07) is 0.265. The van der Waals surface area contributed by atoms with Gasteiger partial charge in [-0.05, 0) is 32.2 Å². The van der Waals surface area contributed by atoms with Gasteiger partial charge < -0.3 is 10.4 Å². The lowest BCUT2D eigenvalue weighted by atomic mass is 9.86.